The maximum Gasteiger partial charge on any atom is 0.410 e. The molecule has 2 saturated heterocycles. The Balaban J connectivity index is 1.53. The highest BCUT2D eigenvalue weighted by Gasteiger charge is 2.33. The lowest BCUT2D eigenvalue weighted by Gasteiger charge is -2.30. The lowest BCUT2D eigenvalue weighted by molar-refractivity contribution is 0.151. The molecule has 2 heterocycles. The summed E-state index contributed by atoms with van der Waals surface area (Å²) in [5, 5.41) is 0. The van der Waals surface area contributed by atoms with E-state index in [9.17, 15) is 9.18 Å². The van der Waals surface area contributed by atoms with Crippen LogP contribution in [0.2, 0.25) is 0 Å². The van der Waals surface area contributed by atoms with E-state index >= 15 is 0 Å². The number of likely N-dealkylation sites (tertiary alicyclic amines) is 1. The molecule has 0 aliphatic carbocycles. The second-order valence-corrected chi connectivity index (χ2v) is 6.79. The third-order valence-electron chi connectivity index (χ3n) is 5.08. The molecule has 0 aromatic heterocycles. The average Bonchev–Trinajstić information content (AvgIpc) is 2.89. The number of benzene rings is 1. The Kier molecular flexibility index (Phi) is 5.16. The van der Waals surface area contributed by atoms with Gasteiger partial charge in [-0.15, -0.1) is 0 Å². The summed E-state index contributed by atoms with van der Waals surface area (Å²) < 4.78 is 18.2. The topological polar surface area (TPSA) is 32.8 Å². The van der Waals surface area contributed by atoms with E-state index < -0.39 is 0 Å². The van der Waals surface area contributed by atoms with Gasteiger partial charge in [0, 0.05) is 6.54 Å². The minimum Gasteiger partial charge on any atom is -0.447 e. The highest BCUT2D eigenvalue weighted by Crippen LogP contribution is 2.23. The van der Waals surface area contributed by atoms with E-state index in [1.807, 2.05) is 4.90 Å². The fourth-order valence-electron chi connectivity index (χ4n) is 3.50. The van der Waals surface area contributed by atoms with Crippen molar-refractivity contribution in [2.75, 3.05) is 33.3 Å². The molecule has 0 bridgehead atoms. The highest BCUT2D eigenvalue weighted by atomic mass is 19.1. The monoisotopic (exact) mass is 320 g/mol. The van der Waals surface area contributed by atoms with Crippen LogP contribution in [0, 0.1) is 11.7 Å². The molecule has 126 valence electrons. The Morgan fingerprint density at radius 2 is 1.91 bits per heavy atom. The fraction of sp³-hybridized carbons (Fsp3) is 0.611. The molecule has 0 spiro atoms. The molecule has 1 aromatic carbocycles. The first kappa shape index (κ1) is 16.2. The number of carbonyl (C=O) groups excluding carboxylic acids is 1. The second-order valence-electron chi connectivity index (χ2n) is 6.79. The van der Waals surface area contributed by atoms with Gasteiger partial charge in [0.05, 0.1) is 6.04 Å². The van der Waals surface area contributed by atoms with Crippen LogP contribution in [0.25, 0.3) is 0 Å². The molecule has 4 nitrogen and oxygen atoms in total. The molecule has 23 heavy (non-hydrogen) atoms. The molecule has 0 radical (unpaired) electrons. The largest absolute Gasteiger partial charge is 0.447 e. The summed E-state index contributed by atoms with van der Waals surface area (Å²) in [6.07, 6.45) is 3.98. The predicted octanol–water partition coefficient (Wildman–Crippen LogP) is 2.92. The zero-order valence-electron chi connectivity index (χ0n) is 13.7. The van der Waals surface area contributed by atoms with Gasteiger partial charge in [-0.05, 0) is 69.4 Å². The molecule has 3 rings (SSSR count). The van der Waals surface area contributed by atoms with Gasteiger partial charge < -0.3 is 14.5 Å². The van der Waals surface area contributed by atoms with Gasteiger partial charge >= 0.3 is 6.09 Å². The SMILES string of the molecule is CN1CCC(CCN2C(=O)OC[C@@H]2Cc2ccc(F)cc2)CC1. The molecule has 1 aromatic rings. The van der Waals surface area contributed by atoms with Crippen molar-refractivity contribution in [3.8, 4) is 0 Å². The van der Waals surface area contributed by atoms with Crippen molar-refractivity contribution in [1.29, 1.82) is 0 Å². The van der Waals surface area contributed by atoms with Crippen LogP contribution in [0.3, 0.4) is 0 Å². The molecule has 1 atom stereocenters. The van der Waals surface area contributed by atoms with Crippen molar-refractivity contribution in [3.05, 3.63) is 35.6 Å². The van der Waals surface area contributed by atoms with Gasteiger partial charge in [0.2, 0.25) is 0 Å². The van der Waals surface area contributed by atoms with E-state index in [1.165, 1.54) is 25.0 Å². The van der Waals surface area contributed by atoms with E-state index in [1.54, 1.807) is 12.1 Å². The first-order valence-corrected chi connectivity index (χ1v) is 8.48. The lowest BCUT2D eigenvalue weighted by atomic mass is 9.93. The summed E-state index contributed by atoms with van der Waals surface area (Å²) in [4.78, 5) is 16.2. The van der Waals surface area contributed by atoms with Gasteiger partial charge in [-0.2, -0.15) is 0 Å². The zero-order valence-corrected chi connectivity index (χ0v) is 13.7. The fourth-order valence-corrected chi connectivity index (χ4v) is 3.50. The third-order valence-corrected chi connectivity index (χ3v) is 5.08. The minimum atomic E-state index is -0.230. The standard InChI is InChI=1S/C18H25FN2O2/c1-20-9-6-14(7-10-20)8-11-21-17(13-23-18(21)22)12-15-2-4-16(19)5-3-15/h2-5,14,17H,6-13H2,1H3/t17-/m0/s1. The molecule has 2 aliphatic heterocycles. The molecule has 0 saturated carbocycles. The Morgan fingerprint density at radius 3 is 2.61 bits per heavy atom. The highest BCUT2D eigenvalue weighted by molar-refractivity contribution is 5.70. The number of ether oxygens (including phenoxy) is 1. The van der Waals surface area contributed by atoms with Gasteiger partial charge in [0.15, 0.2) is 0 Å². The van der Waals surface area contributed by atoms with E-state index in [0.29, 0.717) is 12.5 Å². The van der Waals surface area contributed by atoms with Crippen LogP contribution in [-0.2, 0) is 11.2 Å². The summed E-state index contributed by atoms with van der Waals surface area (Å²) in [6, 6.07) is 6.57. The molecule has 0 unspecified atom stereocenters. The Labute approximate surface area is 137 Å². The molecule has 0 N–H and O–H groups in total. The number of piperidine rings is 1. The van der Waals surface area contributed by atoms with Crippen molar-refractivity contribution in [2.45, 2.75) is 31.7 Å². The second kappa shape index (κ2) is 7.30. The third kappa shape index (κ3) is 4.22. The molecular formula is C18H25FN2O2. The van der Waals surface area contributed by atoms with Crippen molar-refractivity contribution in [3.63, 3.8) is 0 Å². The number of hydrogen-bond donors (Lipinski definition) is 0. The number of cyclic esters (lactones) is 1. The van der Waals surface area contributed by atoms with Gasteiger partial charge in [0.1, 0.15) is 12.4 Å². The van der Waals surface area contributed by atoms with E-state index in [-0.39, 0.29) is 18.0 Å². The van der Waals surface area contributed by atoms with Gasteiger partial charge in [-0.1, -0.05) is 12.1 Å². The van der Waals surface area contributed by atoms with E-state index in [2.05, 4.69) is 11.9 Å². The first-order valence-electron chi connectivity index (χ1n) is 8.48. The van der Waals surface area contributed by atoms with Crippen LogP contribution < -0.4 is 0 Å². The summed E-state index contributed by atoms with van der Waals surface area (Å²) in [5.41, 5.74) is 1.04. The Bertz CT molecular complexity index is 526. The Morgan fingerprint density at radius 1 is 1.22 bits per heavy atom. The van der Waals surface area contributed by atoms with Gasteiger partial charge in [0.25, 0.3) is 0 Å². The molecule has 1 amide bonds. The van der Waals surface area contributed by atoms with Crippen molar-refractivity contribution >= 4 is 6.09 Å². The minimum absolute atomic E-state index is 0.0687. The first-order chi connectivity index (χ1) is 11.1. The summed E-state index contributed by atoms with van der Waals surface area (Å²) in [7, 11) is 2.16. The molecule has 5 heteroatoms. The molecule has 2 fully saturated rings. The quantitative estimate of drug-likeness (QED) is 0.836. The number of nitrogens with zero attached hydrogens (tertiary/aromatic N) is 2. The summed E-state index contributed by atoms with van der Waals surface area (Å²) >= 11 is 0. The average molecular weight is 320 g/mol. The van der Waals surface area contributed by atoms with Crippen LogP contribution in [0.4, 0.5) is 9.18 Å². The zero-order chi connectivity index (χ0) is 16.2. The van der Waals surface area contributed by atoms with Crippen LogP contribution in [-0.4, -0.2) is 55.2 Å². The predicted molar refractivity (Wildman–Crippen MR) is 86.8 cm³/mol. The van der Waals surface area contributed by atoms with Crippen LogP contribution in [0.5, 0.6) is 0 Å². The number of amides is 1. The number of rotatable bonds is 5. The number of hydrogen-bond acceptors (Lipinski definition) is 3. The van der Waals surface area contributed by atoms with Crippen molar-refractivity contribution in [2.24, 2.45) is 5.92 Å². The summed E-state index contributed by atoms with van der Waals surface area (Å²) in [5.74, 6) is 0.470. The van der Waals surface area contributed by atoms with Gasteiger partial charge in [-0.3, -0.25) is 0 Å². The van der Waals surface area contributed by atoms with E-state index in [4.69, 9.17) is 4.74 Å². The number of carbonyl (C=O) groups is 1. The van der Waals surface area contributed by atoms with Crippen LogP contribution >= 0.6 is 0 Å². The molecule has 2 aliphatic rings. The maximum absolute atomic E-state index is 13.0. The maximum atomic E-state index is 13.0. The van der Waals surface area contributed by atoms with E-state index in [0.717, 1.165) is 38.0 Å². The lowest BCUT2D eigenvalue weighted by Crippen LogP contribution is -2.38. The smallest absolute Gasteiger partial charge is 0.410 e. The van der Waals surface area contributed by atoms with Crippen LogP contribution in [0.1, 0.15) is 24.8 Å². The summed E-state index contributed by atoms with van der Waals surface area (Å²) in [6.45, 7) is 3.49. The normalized spacial score (nSPS) is 23.3. The number of halogens is 1. The van der Waals surface area contributed by atoms with Crippen molar-refractivity contribution in [1.82, 2.24) is 9.80 Å². The molecular weight excluding hydrogens is 295 g/mol. The van der Waals surface area contributed by atoms with Crippen molar-refractivity contribution < 1.29 is 13.9 Å². The Hall–Kier alpha value is -1.62. The van der Waals surface area contributed by atoms with Gasteiger partial charge in [-0.25, -0.2) is 9.18 Å². The van der Waals surface area contributed by atoms with Crippen LogP contribution in [0.15, 0.2) is 24.3 Å².